The molecule has 0 heterocycles. The molecule has 7 heteroatoms. The summed E-state index contributed by atoms with van der Waals surface area (Å²) in [6.07, 6.45) is -7.26. The lowest BCUT2D eigenvalue weighted by molar-refractivity contribution is -0.144. The van der Waals surface area contributed by atoms with Crippen LogP contribution in [0, 0.1) is 11.3 Å². The molecule has 0 saturated carbocycles. The molecule has 0 radical (unpaired) electrons. The highest BCUT2D eigenvalue weighted by Crippen LogP contribution is 2.42. The summed E-state index contributed by atoms with van der Waals surface area (Å²) in [5, 5.41) is 28.5. The molecule has 0 aliphatic rings. The molecule has 0 spiro atoms. The van der Waals surface area contributed by atoms with Crippen LogP contribution >= 0.6 is 11.6 Å². The van der Waals surface area contributed by atoms with Crippen LogP contribution in [0.15, 0.2) is 42.5 Å². The molecule has 2 aromatic carbocycles. The number of nitrogens with zero attached hydrogens (tertiary/aromatic N) is 1. The summed E-state index contributed by atoms with van der Waals surface area (Å²) in [5.74, 6) is -1.52. The standard InChI is InChI=1S/C17H13ClF3NO2/c18-15-7-12(23)5-6-13(15)14(8-17(19,20)21)16(24)11-3-1-10(9-22)2-4-11/h1-7,14,16,23-24H,8H2. The number of alkyl halides is 3. The fourth-order valence-corrected chi connectivity index (χ4v) is 2.76. The van der Waals surface area contributed by atoms with Gasteiger partial charge in [0.15, 0.2) is 0 Å². The summed E-state index contributed by atoms with van der Waals surface area (Å²) in [7, 11) is 0. The maximum Gasteiger partial charge on any atom is 0.389 e. The maximum absolute atomic E-state index is 13.0. The van der Waals surface area contributed by atoms with E-state index < -0.39 is 24.6 Å². The molecule has 24 heavy (non-hydrogen) atoms. The van der Waals surface area contributed by atoms with E-state index in [1.165, 1.54) is 36.4 Å². The van der Waals surface area contributed by atoms with Crippen molar-refractivity contribution >= 4 is 11.6 Å². The number of aliphatic hydroxyl groups is 1. The van der Waals surface area contributed by atoms with Gasteiger partial charge in [0.05, 0.1) is 24.2 Å². The molecule has 0 aromatic heterocycles. The Bertz CT molecular complexity index is 754. The van der Waals surface area contributed by atoms with Crippen LogP contribution in [0.25, 0.3) is 0 Å². The molecule has 0 bridgehead atoms. The Morgan fingerprint density at radius 1 is 1.12 bits per heavy atom. The van der Waals surface area contributed by atoms with E-state index in [1.54, 1.807) is 0 Å². The molecule has 3 nitrogen and oxygen atoms in total. The Labute approximate surface area is 141 Å². The van der Waals surface area contributed by atoms with E-state index in [0.29, 0.717) is 5.56 Å². The molecule has 2 N–H and O–H groups in total. The number of rotatable bonds is 4. The van der Waals surface area contributed by atoms with Crippen LogP contribution in [0.5, 0.6) is 5.75 Å². The van der Waals surface area contributed by atoms with Gasteiger partial charge in [-0.1, -0.05) is 29.8 Å². The van der Waals surface area contributed by atoms with Crippen LogP contribution in [0.4, 0.5) is 13.2 Å². The maximum atomic E-state index is 13.0. The van der Waals surface area contributed by atoms with Gasteiger partial charge in [0.25, 0.3) is 0 Å². The first kappa shape index (κ1) is 18.1. The number of benzene rings is 2. The van der Waals surface area contributed by atoms with Gasteiger partial charge in [-0.3, -0.25) is 0 Å². The molecule has 0 amide bonds. The first-order chi connectivity index (χ1) is 11.2. The summed E-state index contributed by atoms with van der Waals surface area (Å²) in [4.78, 5) is 0. The summed E-state index contributed by atoms with van der Waals surface area (Å²) in [5.41, 5.74) is 0.664. The Morgan fingerprint density at radius 3 is 2.25 bits per heavy atom. The van der Waals surface area contributed by atoms with Crippen LogP contribution in [0.3, 0.4) is 0 Å². The molecule has 2 atom stereocenters. The highest BCUT2D eigenvalue weighted by Gasteiger charge is 2.37. The normalized spacial score (nSPS) is 14.0. The lowest BCUT2D eigenvalue weighted by atomic mass is 9.86. The molecular weight excluding hydrogens is 343 g/mol. The average molecular weight is 356 g/mol. The molecule has 0 saturated heterocycles. The Kier molecular flexibility index (Phi) is 5.37. The molecule has 126 valence electrons. The van der Waals surface area contributed by atoms with E-state index in [1.807, 2.05) is 6.07 Å². The van der Waals surface area contributed by atoms with Gasteiger partial charge in [-0.25, -0.2) is 0 Å². The summed E-state index contributed by atoms with van der Waals surface area (Å²) < 4.78 is 38.9. The molecule has 0 aliphatic carbocycles. The fraction of sp³-hybridized carbons (Fsp3) is 0.235. The smallest absolute Gasteiger partial charge is 0.389 e. The molecule has 0 fully saturated rings. The molecule has 0 aliphatic heterocycles. The van der Waals surface area contributed by atoms with Crippen LogP contribution in [0.1, 0.15) is 35.1 Å². The number of phenols is 1. The van der Waals surface area contributed by atoms with Crippen molar-refractivity contribution < 1.29 is 23.4 Å². The summed E-state index contributed by atoms with van der Waals surface area (Å²) in [6, 6.07) is 11.2. The van der Waals surface area contributed by atoms with Gasteiger partial charge < -0.3 is 10.2 Å². The zero-order valence-corrected chi connectivity index (χ0v) is 13.0. The third kappa shape index (κ3) is 4.40. The number of nitriles is 1. The SMILES string of the molecule is N#Cc1ccc(C(O)C(CC(F)(F)F)c2ccc(O)cc2Cl)cc1. The molecule has 2 aromatic rings. The second-order valence-electron chi connectivity index (χ2n) is 5.31. The molecular formula is C17H13ClF3NO2. The Hall–Kier alpha value is -2.23. The van der Waals surface area contributed by atoms with Gasteiger partial charge in [-0.05, 0) is 35.4 Å². The second kappa shape index (κ2) is 7.12. The number of aromatic hydroxyl groups is 1. The lowest BCUT2D eigenvalue weighted by Crippen LogP contribution is -2.20. The van der Waals surface area contributed by atoms with Crippen molar-refractivity contribution in [3.8, 4) is 11.8 Å². The minimum Gasteiger partial charge on any atom is -0.508 e. The zero-order chi connectivity index (χ0) is 17.9. The molecule has 2 unspecified atom stereocenters. The van der Waals surface area contributed by atoms with E-state index in [4.69, 9.17) is 16.9 Å². The topological polar surface area (TPSA) is 64.2 Å². The van der Waals surface area contributed by atoms with Crippen LogP contribution < -0.4 is 0 Å². The van der Waals surface area contributed by atoms with Gasteiger partial charge in [-0.15, -0.1) is 0 Å². The highest BCUT2D eigenvalue weighted by molar-refractivity contribution is 6.31. The van der Waals surface area contributed by atoms with Gasteiger partial charge in [0.1, 0.15) is 5.75 Å². The van der Waals surface area contributed by atoms with Crippen LogP contribution in [-0.4, -0.2) is 16.4 Å². The number of halogens is 4. The fourth-order valence-electron chi connectivity index (χ4n) is 2.44. The van der Waals surface area contributed by atoms with Crippen molar-refractivity contribution in [2.45, 2.75) is 24.6 Å². The van der Waals surface area contributed by atoms with Crippen LogP contribution in [-0.2, 0) is 0 Å². The van der Waals surface area contributed by atoms with E-state index in [-0.39, 0.29) is 21.9 Å². The minimum atomic E-state index is -4.51. The van der Waals surface area contributed by atoms with Crippen molar-refractivity contribution in [2.75, 3.05) is 0 Å². The average Bonchev–Trinajstić information content (AvgIpc) is 2.51. The first-order valence-electron chi connectivity index (χ1n) is 6.94. The van der Waals surface area contributed by atoms with E-state index >= 15 is 0 Å². The van der Waals surface area contributed by atoms with E-state index in [0.717, 1.165) is 6.07 Å². The monoisotopic (exact) mass is 355 g/mol. The van der Waals surface area contributed by atoms with E-state index in [9.17, 15) is 23.4 Å². The minimum absolute atomic E-state index is 0.0584. The second-order valence-corrected chi connectivity index (χ2v) is 5.72. The predicted molar refractivity (Wildman–Crippen MR) is 82.6 cm³/mol. The number of hydrogen-bond donors (Lipinski definition) is 2. The zero-order valence-electron chi connectivity index (χ0n) is 12.3. The van der Waals surface area contributed by atoms with Crippen molar-refractivity contribution in [3.05, 3.63) is 64.2 Å². The third-order valence-electron chi connectivity index (χ3n) is 3.60. The first-order valence-corrected chi connectivity index (χ1v) is 7.32. The lowest BCUT2D eigenvalue weighted by Gasteiger charge is -2.26. The van der Waals surface area contributed by atoms with Crippen LogP contribution in [0.2, 0.25) is 5.02 Å². The van der Waals surface area contributed by atoms with Gasteiger partial charge in [-0.2, -0.15) is 18.4 Å². The van der Waals surface area contributed by atoms with Crippen molar-refractivity contribution in [2.24, 2.45) is 0 Å². The van der Waals surface area contributed by atoms with Gasteiger partial charge in [0, 0.05) is 10.9 Å². The molecule has 2 rings (SSSR count). The largest absolute Gasteiger partial charge is 0.508 e. The van der Waals surface area contributed by atoms with Crippen molar-refractivity contribution in [3.63, 3.8) is 0 Å². The Morgan fingerprint density at radius 2 is 1.75 bits per heavy atom. The summed E-state index contributed by atoms with van der Waals surface area (Å²) >= 11 is 5.95. The van der Waals surface area contributed by atoms with Gasteiger partial charge in [0.2, 0.25) is 0 Å². The number of aliphatic hydroxyl groups excluding tert-OH is 1. The number of phenolic OH excluding ortho intramolecular Hbond substituents is 1. The quantitative estimate of drug-likeness (QED) is 0.836. The highest BCUT2D eigenvalue weighted by atomic mass is 35.5. The van der Waals surface area contributed by atoms with Crippen molar-refractivity contribution in [1.29, 1.82) is 5.26 Å². The predicted octanol–water partition coefficient (Wildman–Crippen LogP) is 4.69. The Balaban J connectivity index is 2.43. The summed E-state index contributed by atoms with van der Waals surface area (Å²) in [6.45, 7) is 0. The number of hydrogen-bond acceptors (Lipinski definition) is 3. The third-order valence-corrected chi connectivity index (χ3v) is 3.92. The van der Waals surface area contributed by atoms with Crippen molar-refractivity contribution in [1.82, 2.24) is 0 Å². The van der Waals surface area contributed by atoms with Gasteiger partial charge >= 0.3 is 6.18 Å². The van der Waals surface area contributed by atoms with E-state index in [2.05, 4.69) is 0 Å².